The zero-order valence-electron chi connectivity index (χ0n) is 13.4. The predicted octanol–water partition coefficient (Wildman–Crippen LogP) is 1.41. The Labute approximate surface area is 131 Å². The van der Waals surface area contributed by atoms with E-state index in [0.717, 1.165) is 0 Å². The maximum atomic E-state index is 13.4. The van der Waals surface area contributed by atoms with Gasteiger partial charge in [0.2, 0.25) is 5.91 Å². The summed E-state index contributed by atoms with van der Waals surface area (Å²) in [5, 5.41) is 12.8. The molecule has 1 atom stereocenters. The summed E-state index contributed by atoms with van der Waals surface area (Å²) in [6, 6.07) is 6.14. The predicted molar refractivity (Wildman–Crippen MR) is 83.3 cm³/mol. The van der Waals surface area contributed by atoms with Crippen LogP contribution < -0.4 is 10.1 Å². The molecular formula is C16H25FN2O3. The van der Waals surface area contributed by atoms with Crippen LogP contribution in [0.1, 0.15) is 20.8 Å². The zero-order valence-corrected chi connectivity index (χ0v) is 13.4. The summed E-state index contributed by atoms with van der Waals surface area (Å²) in [4.78, 5) is 13.5. The Morgan fingerprint density at radius 2 is 2.09 bits per heavy atom. The first-order valence-electron chi connectivity index (χ1n) is 7.49. The fourth-order valence-corrected chi connectivity index (χ4v) is 1.97. The monoisotopic (exact) mass is 312 g/mol. The van der Waals surface area contributed by atoms with E-state index in [2.05, 4.69) is 5.32 Å². The van der Waals surface area contributed by atoms with E-state index in [1.54, 1.807) is 12.1 Å². The normalized spacial score (nSPS) is 12.5. The Morgan fingerprint density at radius 1 is 1.41 bits per heavy atom. The molecule has 1 rings (SSSR count). The number of carbonyl (C=O) groups excluding carboxylic acids is 1. The van der Waals surface area contributed by atoms with Crippen molar-refractivity contribution in [1.29, 1.82) is 0 Å². The number of carbonyl (C=O) groups is 1. The van der Waals surface area contributed by atoms with Crippen molar-refractivity contribution in [3.63, 3.8) is 0 Å². The molecular weight excluding hydrogens is 287 g/mol. The van der Waals surface area contributed by atoms with Crippen molar-refractivity contribution in [1.82, 2.24) is 10.2 Å². The molecule has 0 saturated heterocycles. The van der Waals surface area contributed by atoms with Crippen LogP contribution in [0.25, 0.3) is 0 Å². The number of halogens is 1. The number of nitrogens with one attached hydrogen (secondary N) is 1. The maximum Gasteiger partial charge on any atom is 0.234 e. The van der Waals surface area contributed by atoms with Crippen LogP contribution in [-0.2, 0) is 4.79 Å². The fraction of sp³-hybridized carbons (Fsp3) is 0.562. The smallest absolute Gasteiger partial charge is 0.234 e. The summed E-state index contributed by atoms with van der Waals surface area (Å²) < 4.78 is 18.7. The van der Waals surface area contributed by atoms with Gasteiger partial charge in [0.25, 0.3) is 0 Å². The van der Waals surface area contributed by atoms with Crippen molar-refractivity contribution in [3.05, 3.63) is 30.1 Å². The fourth-order valence-electron chi connectivity index (χ4n) is 1.97. The lowest BCUT2D eigenvalue weighted by Crippen LogP contribution is -2.43. The van der Waals surface area contributed by atoms with Gasteiger partial charge in [0, 0.05) is 12.6 Å². The van der Waals surface area contributed by atoms with Gasteiger partial charge in [-0.2, -0.15) is 0 Å². The third-order valence-electron chi connectivity index (χ3n) is 3.00. The van der Waals surface area contributed by atoms with Gasteiger partial charge in [0.15, 0.2) is 11.6 Å². The maximum absolute atomic E-state index is 13.4. The molecule has 5 nitrogen and oxygen atoms in total. The highest BCUT2D eigenvalue weighted by molar-refractivity contribution is 5.78. The number of rotatable bonds is 9. The standard InChI is InChI=1S/C16H25FN2O3/c1-4-19(10-16(21)18-12(2)3)9-13(20)11-22-15-8-6-5-7-14(15)17/h5-8,12-13,20H,4,9-11H2,1-3H3,(H,18,21). The Morgan fingerprint density at radius 3 is 2.68 bits per heavy atom. The molecule has 0 aromatic heterocycles. The second kappa shape index (κ2) is 9.38. The summed E-state index contributed by atoms with van der Waals surface area (Å²) in [5.41, 5.74) is 0. The van der Waals surface area contributed by atoms with Gasteiger partial charge in [-0.3, -0.25) is 9.69 Å². The molecule has 1 aromatic rings. The van der Waals surface area contributed by atoms with Gasteiger partial charge in [0.05, 0.1) is 6.54 Å². The molecule has 1 amide bonds. The molecule has 0 saturated carbocycles. The molecule has 0 aliphatic heterocycles. The molecule has 0 spiro atoms. The Hall–Kier alpha value is -1.66. The molecule has 22 heavy (non-hydrogen) atoms. The highest BCUT2D eigenvalue weighted by Crippen LogP contribution is 2.15. The molecule has 0 aliphatic carbocycles. The van der Waals surface area contributed by atoms with Crippen molar-refractivity contribution < 1.29 is 19.0 Å². The molecule has 6 heteroatoms. The minimum Gasteiger partial charge on any atom is -0.488 e. The van der Waals surface area contributed by atoms with Crippen LogP contribution in [-0.4, -0.2) is 54.3 Å². The van der Waals surface area contributed by atoms with E-state index < -0.39 is 11.9 Å². The van der Waals surface area contributed by atoms with E-state index in [4.69, 9.17) is 4.74 Å². The van der Waals surface area contributed by atoms with E-state index in [1.807, 2.05) is 25.7 Å². The highest BCUT2D eigenvalue weighted by Gasteiger charge is 2.15. The Bertz CT molecular complexity index is 468. The van der Waals surface area contributed by atoms with Crippen molar-refractivity contribution >= 4 is 5.91 Å². The molecule has 2 N–H and O–H groups in total. The first-order valence-corrected chi connectivity index (χ1v) is 7.49. The van der Waals surface area contributed by atoms with Gasteiger partial charge in [-0.25, -0.2) is 4.39 Å². The first-order chi connectivity index (χ1) is 10.4. The Balaban J connectivity index is 2.40. The van der Waals surface area contributed by atoms with Crippen LogP contribution in [0.2, 0.25) is 0 Å². The number of para-hydroxylation sites is 1. The van der Waals surface area contributed by atoms with Crippen LogP contribution in [0.4, 0.5) is 4.39 Å². The molecule has 0 heterocycles. The number of nitrogens with zero attached hydrogens (tertiary/aromatic N) is 1. The number of aliphatic hydroxyl groups is 1. The minimum absolute atomic E-state index is 0.0246. The van der Waals surface area contributed by atoms with E-state index in [0.29, 0.717) is 6.54 Å². The third-order valence-corrected chi connectivity index (χ3v) is 3.00. The average Bonchev–Trinajstić information content (AvgIpc) is 2.44. The van der Waals surface area contributed by atoms with Crippen molar-refractivity contribution in [2.45, 2.75) is 32.9 Å². The number of likely N-dealkylation sites (N-methyl/N-ethyl adjacent to an activating group) is 1. The van der Waals surface area contributed by atoms with Crippen LogP contribution in [0, 0.1) is 5.82 Å². The molecule has 0 aliphatic rings. The van der Waals surface area contributed by atoms with E-state index >= 15 is 0 Å². The number of hydrogen-bond acceptors (Lipinski definition) is 4. The van der Waals surface area contributed by atoms with E-state index in [9.17, 15) is 14.3 Å². The molecule has 124 valence electrons. The Kier molecular flexibility index (Phi) is 7.84. The van der Waals surface area contributed by atoms with Crippen LogP contribution in [0.5, 0.6) is 5.75 Å². The summed E-state index contributed by atoms with van der Waals surface area (Å²) >= 11 is 0. The lowest BCUT2D eigenvalue weighted by Gasteiger charge is -2.23. The lowest BCUT2D eigenvalue weighted by molar-refractivity contribution is -0.123. The number of hydrogen-bond donors (Lipinski definition) is 2. The summed E-state index contributed by atoms with van der Waals surface area (Å²) in [6.07, 6.45) is -0.800. The quantitative estimate of drug-likeness (QED) is 0.724. The van der Waals surface area contributed by atoms with Crippen molar-refractivity contribution in [2.75, 3.05) is 26.2 Å². The van der Waals surface area contributed by atoms with Crippen LogP contribution in [0.15, 0.2) is 24.3 Å². The molecule has 1 aromatic carbocycles. The van der Waals surface area contributed by atoms with Gasteiger partial charge in [0.1, 0.15) is 12.7 Å². The molecule has 0 radical (unpaired) electrons. The van der Waals surface area contributed by atoms with Gasteiger partial charge >= 0.3 is 0 Å². The van der Waals surface area contributed by atoms with Gasteiger partial charge in [-0.05, 0) is 32.5 Å². The first kappa shape index (κ1) is 18.4. The van der Waals surface area contributed by atoms with Crippen molar-refractivity contribution in [3.8, 4) is 5.75 Å². The number of aliphatic hydroxyl groups excluding tert-OH is 1. The lowest BCUT2D eigenvalue weighted by atomic mass is 10.3. The van der Waals surface area contributed by atoms with Gasteiger partial charge in [-0.15, -0.1) is 0 Å². The molecule has 0 fully saturated rings. The second-order valence-electron chi connectivity index (χ2n) is 5.45. The number of amides is 1. The average molecular weight is 312 g/mol. The number of ether oxygens (including phenoxy) is 1. The van der Waals surface area contributed by atoms with Crippen LogP contribution in [0.3, 0.4) is 0 Å². The second-order valence-corrected chi connectivity index (χ2v) is 5.45. The third kappa shape index (κ3) is 6.87. The highest BCUT2D eigenvalue weighted by atomic mass is 19.1. The number of benzene rings is 1. The summed E-state index contributed by atoms with van der Waals surface area (Å²) in [7, 11) is 0. The van der Waals surface area contributed by atoms with E-state index in [1.165, 1.54) is 12.1 Å². The van der Waals surface area contributed by atoms with Gasteiger partial charge < -0.3 is 15.2 Å². The molecule has 1 unspecified atom stereocenters. The van der Waals surface area contributed by atoms with Crippen LogP contribution >= 0.6 is 0 Å². The van der Waals surface area contributed by atoms with Gasteiger partial charge in [-0.1, -0.05) is 19.1 Å². The van der Waals surface area contributed by atoms with Crippen molar-refractivity contribution in [2.24, 2.45) is 0 Å². The van der Waals surface area contributed by atoms with E-state index in [-0.39, 0.29) is 37.4 Å². The topological polar surface area (TPSA) is 61.8 Å². The SMILES string of the molecule is CCN(CC(=O)NC(C)C)CC(O)COc1ccccc1F. The minimum atomic E-state index is -0.800. The zero-order chi connectivity index (χ0) is 16.5. The molecule has 0 bridgehead atoms. The largest absolute Gasteiger partial charge is 0.488 e. The summed E-state index contributed by atoms with van der Waals surface area (Å²) in [6.45, 7) is 6.80. The summed E-state index contributed by atoms with van der Waals surface area (Å²) in [5.74, 6) is -0.431.